The molecule has 0 radical (unpaired) electrons. The van der Waals surface area contributed by atoms with Crippen LogP contribution in [0, 0.1) is 0 Å². The lowest BCUT2D eigenvalue weighted by atomic mass is 10.1. The van der Waals surface area contributed by atoms with Crippen LogP contribution in [0.2, 0.25) is 5.02 Å². The number of hydrogen-bond donors (Lipinski definition) is 2. The Morgan fingerprint density at radius 3 is 2.76 bits per heavy atom. The third-order valence-electron chi connectivity index (χ3n) is 1.95. The van der Waals surface area contributed by atoms with E-state index >= 15 is 0 Å². The van der Waals surface area contributed by atoms with E-state index in [1.807, 2.05) is 0 Å². The molecular weight excluding hydrogens is 254 g/mol. The number of carbonyl (C=O) groups is 1. The van der Waals surface area contributed by atoms with Gasteiger partial charge in [0.1, 0.15) is 0 Å². The molecule has 0 aliphatic carbocycles. The van der Waals surface area contributed by atoms with Gasteiger partial charge >= 0.3 is 5.97 Å². The summed E-state index contributed by atoms with van der Waals surface area (Å²) in [4.78, 5) is 11.4. The van der Waals surface area contributed by atoms with Gasteiger partial charge in [0.2, 0.25) is 0 Å². The Morgan fingerprint density at radius 1 is 1.59 bits per heavy atom. The Labute approximate surface area is 102 Å². The molecule has 4 nitrogen and oxygen atoms in total. The van der Waals surface area contributed by atoms with E-state index in [1.165, 1.54) is 19.2 Å². The molecule has 17 heavy (non-hydrogen) atoms. The molecule has 0 bridgehead atoms. The Kier molecular flexibility index (Phi) is 4.51. The molecule has 0 atom stereocenters. The highest BCUT2D eigenvalue weighted by atomic mass is 35.5. The Balaban J connectivity index is 3.11. The molecule has 0 saturated carbocycles. The van der Waals surface area contributed by atoms with Crippen molar-refractivity contribution < 1.29 is 18.3 Å². The van der Waals surface area contributed by atoms with E-state index in [2.05, 4.69) is 10.1 Å². The second-order valence-electron chi connectivity index (χ2n) is 3.19. The third-order valence-corrected chi connectivity index (χ3v) is 2.25. The van der Waals surface area contributed by atoms with Crippen LogP contribution in [0.5, 0.6) is 0 Å². The van der Waals surface area contributed by atoms with Gasteiger partial charge in [-0.05, 0) is 12.1 Å². The third kappa shape index (κ3) is 3.45. The summed E-state index contributed by atoms with van der Waals surface area (Å²) in [5.41, 5.74) is 5.87. The number of benzene rings is 1. The molecule has 0 aromatic heterocycles. The first-order chi connectivity index (χ1) is 7.95. The number of anilines is 2. The molecule has 94 valence electrons. The summed E-state index contributed by atoms with van der Waals surface area (Å²) in [6.07, 6.45) is -2.56. The normalized spacial score (nSPS) is 10.4. The number of halogens is 3. The summed E-state index contributed by atoms with van der Waals surface area (Å²) in [6, 6.07) is 2.67. The van der Waals surface area contributed by atoms with Crippen LogP contribution in [0.3, 0.4) is 0 Å². The zero-order valence-corrected chi connectivity index (χ0v) is 9.72. The summed E-state index contributed by atoms with van der Waals surface area (Å²) >= 11 is 5.82. The van der Waals surface area contributed by atoms with Crippen LogP contribution < -0.4 is 11.1 Å². The van der Waals surface area contributed by atoms with Gasteiger partial charge in [-0.2, -0.15) is 0 Å². The van der Waals surface area contributed by atoms with Crippen LogP contribution in [0.25, 0.3) is 0 Å². The summed E-state index contributed by atoms with van der Waals surface area (Å²) < 4.78 is 28.7. The van der Waals surface area contributed by atoms with Crippen molar-refractivity contribution in [2.24, 2.45) is 0 Å². The molecule has 0 spiro atoms. The average Bonchev–Trinajstić information content (AvgIpc) is 2.25. The number of ether oxygens (including phenoxy) is 1. The molecule has 1 aromatic carbocycles. The summed E-state index contributed by atoms with van der Waals surface area (Å²) in [6.45, 7) is -0.617. The molecule has 0 aliphatic rings. The molecule has 0 saturated heterocycles. The van der Waals surface area contributed by atoms with Crippen molar-refractivity contribution in [3.05, 3.63) is 22.7 Å². The van der Waals surface area contributed by atoms with Gasteiger partial charge in [-0.3, -0.25) is 0 Å². The van der Waals surface area contributed by atoms with Crippen LogP contribution >= 0.6 is 11.6 Å². The topological polar surface area (TPSA) is 64.3 Å². The van der Waals surface area contributed by atoms with Gasteiger partial charge in [0.25, 0.3) is 6.43 Å². The van der Waals surface area contributed by atoms with E-state index < -0.39 is 18.9 Å². The van der Waals surface area contributed by atoms with E-state index in [0.717, 1.165) is 0 Å². The molecule has 1 rings (SSSR count). The Bertz CT molecular complexity index is 427. The second kappa shape index (κ2) is 5.67. The fourth-order valence-electron chi connectivity index (χ4n) is 1.26. The van der Waals surface area contributed by atoms with Gasteiger partial charge < -0.3 is 15.8 Å². The van der Waals surface area contributed by atoms with Gasteiger partial charge in [-0.25, -0.2) is 13.6 Å². The molecule has 0 heterocycles. The Morgan fingerprint density at radius 2 is 2.24 bits per heavy atom. The molecular formula is C10H11ClF2N2O2. The van der Waals surface area contributed by atoms with E-state index in [9.17, 15) is 13.6 Å². The largest absolute Gasteiger partial charge is 0.465 e. The minimum atomic E-state index is -2.56. The van der Waals surface area contributed by atoms with Crippen LogP contribution in [0.15, 0.2) is 12.1 Å². The first-order valence-corrected chi connectivity index (χ1v) is 5.03. The quantitative estimate of drug-likeness (QED) is 0.647. The van der Waals surface area contributed by atoms with E-state index in [-0.39, 0.29) is 22.0 Å². The number of nitrogens with one attached hydrogen (secondary N) is 1. The van der Waals surface area contributed by atoms with Gasteiger partial charge in [-0.1, -0.05) is 11.6 Å². The van der Waals surface area contributed by atoms with Gasteiger partial charge in [0, 0.05) is 5.69 Å². The monoisotopic (exact) mass is 264 g/mol. The average molecular weight is 265 g/mol. The van der Waals surface area contributed by atoms with Crippen LogP contribution in [0.1, 0.15) is 10.4 Å². The maximum atomic E-state index is 12.1. The number of carbonyl (C=O) groups excluding carboxylic acids is 1. The first-order valence-electron chi connectivity index (χ1n) is 4.65. The zero-order valence-electron chi connectivity index (χ0n) is 8.97. The second-order valence-corrected chi connectivity index (χ2v) is 3.60. The molecule has 0 aliphatic heterocycles. The number of hydrogen-bond acceptors (Lipinski definition) is 4. The predicted octanol–water partition coefficient (Wildman–Crippen LogP) is 2.39. The molecule has 7 heteroatoms. The highest BCUT2D eigenvalue weighted by Crippen LogP contribution is 2.29. The van der Waals surface area contributed by atoms with Crippen molar-refractivity contribution in [3.63, 3.8) is 0 Å². The van der Waals surface area contributed by atoms with E-state index in [0.29, 0.717) is 0 Å². The fraction of sp³-hybridized carbons (Fsp3) is 0.300. The molecule has 0 amide bonds. The van der Waals surface area contributed by atoms with Crippen LogP contribution in [-0.2, 0) is 4.74 Å². The SMILES string of the molecule is COC(=O)c1cc(N)cc(Cl)c1NCC(F)F. The number of methoxy groups -OCH3 is 1. The van der Waals surface area contributed by atoms with Crippen LogP contribution in [0.4, 0.5) is 20.2 Å². The van der Waals surface area contributed by atoms with Gasteiger partial charge in [0.05, 0.1) is 29.9 Å². The van der Waals surface area contributed by atoms with Gasteiger partial charge in [-0.15, -0.1) is 0 Å². The number of rotatable bonds is 4. The van der Waals surface area contributed by atoms with Crippen LogP contribution in [-0.4, -0.2) is 26.0 Å². The smallest absolute Gasteiger partial charge is 0.340 e. The van der Waals surface area contributed by atoms with E-state index in [4.69, 9.17) is 17.3 Å². The lowest BCUT2D eigenvalue weighted by molar-refractivity contribution is 0.0601. The van der Waals surface area contributed by atoms with Crippen molar-refractivity contribution in [3.8, 4) is 0 Å². The number of esters is 1. The number of alkyl halides is 2. The molecule has 0 fully saturated rings. The van der Waals surface area contributed by atoms with Crippen molar-refractivity contribution >= 4 is 28.9 Å². The highest BCUT2D eigenvalue weighted by Gasteiger charge is 2.17. The fourth-order valence-corrected chi connectivity index (χ4v) is 1.55. The molecule has 1 aromatic rings. The minimum absolute atomic E-state index is 0.0261. The lowest BCUT2D eigenvalue weighted by Gasteiger charge is -2.13. The van der Waals surface area contributed by atoms with E-state index in [1.54, 1.807) is 0 Å². The van der Waals surface area contributed by atoms with Crippen molar-refractivity contribution in [2.75, 3.05) is 24.7 Å². The van der Waals surface area contributed by atoms with Crippen molar-refractivity contribution in [1.82, 2.24) is 0 Å². The number of nitrogens with two attached hydrogens (primary N) is 1. The molecule has 0 unspecified atom stereocenters. The van der Waals surface area contributed by atoms with Crippen molar-refractivity contribution in [1.29, 1.82) is 0 Å². The minimum Gasteiger partial charge on any atom is -0.465 e. The first kappa shape index (κ1) is 13.5. The number of nitrogen functional groups attached to an aromatic ring is 1. The summed E-state index contributed by atoms with van der Waals surface area (Å²) in [7, 11) is 1.18. The van der Waals surface area contributed by atoms with Crippen molar-refractivity contribution in [2.45, 2.75) is 6.43 Å². The lowest BCUT2D eigenvalue weighted by Crippen LogP contribution is -2.14. The maximum absolute atomic E-state index is 12.1. The molecule has 3 N–H and O–H groups in total. The summed E-state index contributed by atoms with van der Waals surface area (Å²) in [5, 5.41) is 2.47. The Hall–Kier alpha value is -1.56. The maximum Gasteiger partial charge on any atom is 0.340 e. The predicted molar refractivity (Wildman–Crippen MR) is 61.7 cm³/mol. The zero-order chi connectivity index (χ0) is 13.0. The summed E-state index contributed by atoms with van der Waals surface area (Å²) in [5.74, 6) is -0.698. The van der Waals surface area contributed by atoms with Gasteiger partial charge in [0.15, 0.2) is 0 Å². The standard InChI is InChI=1S/C10H11ClF2N2O2/c1-17-10(16)6-2-5(14)3-7(11)9(6)15-4-8(12)13/h2-3,8,15H,4,14H2,1H3. The highest BCUT2D eigenvalue weighted by molar-refractivity contribution is 6.34.